The van der Waals surface area contributed by atoms with Crippen molar-refractivity contribution in [1.82, 2.24) is 0 Å². The highest BCUT2D eigenvalue weighted by molar-refractivity contribution is 5.89. The van der Waals surface area contributed by atoms with E-state index >= 15 is 0 Å². The molecule has 3 aliphatic rings. The third-order valence-corrected chi connectivity index (χ3v) is 7.74. The van der Waals surface area contributed by atoms with Gasteiger partial charge < -0.3 is 9.47 Å². The molecule has 2 unspecified atom stereocenters. The number of allylic oxidation sites excluding steroid dienone is 3. The molecule has 0 saturated heterocycles. The lowest BCUT2D eigenvalue weighted by Crippen LogP contribution is -2.04. The summed E-state index contributed by atoms with van der Waals surface area (Å²) in [7, 11) is 0. The van der Waals surface area contributed by atoms with Crippen LogP contribution in [0.4, 0.5) is 0 Å². The first-order valence-electron chi connectivity index (χ1n) is 13.1. The summed E-state index contributed by atoms with van der Waals surface area (Å²) in [6.45, 7) is 1.04. The molecule has 3 aliphatic carbocycles. The molecular weight excluding hydrogens is 452 g/mol. The van der Waals surface area contributed by atoms with Crippen molar-refractivity contribution >= 4 is 17.2 Å². The number of hydrogen-bond donors (Lipinski definition) is 0. The number of fused-ring (bicyclic) bond motifs is 4. The zero-order chi connectivity index (χ0) is 24.6. The van der Waals surface area contributed by atoms with Crippen LogP contribution in [-0.4, -0.2) is 0 Å². The van der Waals surface area contributed by atoms with Crippen LogP contribution in [0.25, 0.3) is 17.2 Å². The van der Waals surface area contributed by atoms with Crippen molar-refractivity contribution in [1.29, 1.82) is 0 Å². The monoisotopic (exact) mass is 480 g/mol. The summed E-state index contributed by atoms with van der Waals surface area (Å²) in [6.07, 6.45) is 6.68. The van der Waals surface area contributed by atoms with Crippen molar-refractivity contribution < 1.29 is 9.47 Å². The van der Waals surface area contributed by atoms with Gasteiger partial charge >= 0.3 is 0 Å². The lowest BCUT2D eigenvalue weighted by atomic mass is 9.89. The van der Waals surface area contributed by atoms with Crippen molar-refractivity contribution in [2.45, 2.75) is 32.0 Å². The van der Waals surface area contributed by atoms with Crippen molar-refractivity contribution in [2.24, 2.45) is 5.92 Å². The smallest absolute Gasteiger partial charge is 0.162 e. The average Bonchev–Trinajstić information content (AvgIpc) is 3.54. The zero-order valence-electron chi connectivity index (χ0n) is 20.7. The molecule has 4 aromatic carbocycles. The van der Waals surface area contributed by atoms with Gasteiger partial charge in [-0.1, -0.05) is 91.0 Å². The van der Waals surface area contributed by atoms with Crippen molar-refractivity contribution in [3.8, 4) is 11.5 Å². The first-order chi connectivity index (χ1) is 18.3. The fraction of sp³-hybridized carbons (Fsp3) is 0.171. The van der Waals surface area contributed by atoms with Crippen LogP contribution in [0.2, 0.25) is 0 Å². The van der Waals surface area contributed by atoms with E-state index in [0.717, 1.165) is 35.5 Å². The molecule has 0 spiro atoms. The molecule has 37 heavy (non-hydrogen) atoms. The van der Waals surface area contributed by atoms with E-state index in [4.69, 9.17) is 9.47 Å². The molecule has 180 valence electrons. The van der Waals surface area contributed by atoms with E-state index in [1.54, 1.807) is 0 Å². The molecule has 0 amide bonds. The Balaban J connectivity index is 1.15. The first-order valence-corrected chi connectivity index (χ1v) is 13.1. The summed E-state index contributed by atoms with van der Waals surface area (Å²) in [5, 5.41) is 0. The zero-order valence-corrected chi connectivity index (χ0v) is 20.7. The maximum atomic E-state index is 6.39. The average molecular weight is 481 g/mol. The van der Waals surface area contributed by atoms with E-state index in [0.29, 0.717) is 25.0 Å². The first kappa shape index (κ1) is 22.0. The molecule has 0 saturated carbocycles. The molecule has 7 rings (SSSR count). The van der Waals surface area contributed by atoms with E-state index in [1.165, 1.54) is 33.4 Å². The van der Waals surface area contributed by atoms with Gasteiger partial charge in [0.1, 0.15) is 13.2 Å². The molecule has 0 N–H and O–H groups in total. The Kier molecular flexibility index (Phi) is 5.53. The Morgan fingerprint density at radius 2 is 1.32 bits per heavy atom. The van der Waals surface area contributed by atoms with E-state index in [1.807, 2.05) is 24.3 Å². The number of rotatable bonds is 9. The third-order valence-electron chi connectivity index (χ3n) is 7.74. The van der Waals surface area contributed by atoms with Crippen LogP contribution in [-0.2, 0) is 13.2 Å². The largest absolute Gasteiger partial charge is 0.485 e. The lowest BCUT2D eigenvalue weighted by Gasteiger charge is -2.19. The molecular formula is C35H28O2. The number of benzene rings is 4. The second kappa shape index (κ2) is 9.32. The summed E-state index contributed by atoms with van der Waals surface area (Å²) in [5.74, 6) is 2.67. The number of hydrogen-bond acceptors (Lipinski definition) is 2. The van der Waals surface area contributed by atoms with Crippen LogP contribution in [0.3, 0.4) is 0 Å². The van der Waals surface area contributed by atoms with E-state index in [2.05, 4.69) is 90.7 Å². The molecule has 2 nitrogen and oxygen atoms in total. The highest BCUT2D eigenvalue weighted by atomic mass is 16.5. The van der Waals surface area contributed by atoms with Gasteiger partial charge in [0, 0.05) is 11.5 Å². The topological polar surface area (TPSA) is 18.5 Å². The maximum absolute atomic E-state index is 6.39. The summed E-state index contributed by atoms with van der Waals surface area (Å²) in [5.41, 5.74) is 14.0. The van der Waals surface area contributed by atoms with Gasteiger partial charge in [0.2, 0.25) is 0 Å². The predicted octanol–water partition coefficient (Wildman–Crippen LogP) is 8.44. The van der Waals surface area contributed by atoms with E-state index in [9.17, 15) is 0 Å². The summed E-state index contributed by atoms with van der Waals surface area (Å²) < 4.78 is 12.7. The van der Waals surface area contributed by atoms with Gasteiger partial charge in [0.25, 0.3) is 0 Å². The standard InChI is InChI=1S/C35H28O2/c1-3-9-24(10-4-1)22-36-34-20-32-29(18-17-27-16-15-26-13-7-8-14-28(26)27)30-19-31(30)33(32)21-35(34)37-23-25-11-5-2-6-12-25/h1-15,19-21,29-30H,17-18,22-23H2. The normalized spacial score (nSPS) is 17.9. The fourth-order valence-corrected chi connectivity index (χ4v) is 5.75. The van der Waals surface area contributed by atoms with Gasteiger partial charge in [-0.05, 0) is 75.9 Å². The Bertz CT molecular complexity index is 1560. The Morgan fingerprint density at radius 1 is 0.676 bits per heavy atom. The van der Waals surface area contributed by atoms with Gasteiger partial charge in [-0.3, -0.25) is 0 Å². The van der Waals surface area contributed by atoms with Gasteiger partial charge in [-0.25, -0.2) is 0 Å². The third kappa shape index (κ3) is 4.31. The minimum atomic E-state index is 0.481. The fourth-order valence-electron chi connectivity index (χ4n) is 5.75. The van der Waals surface area contributed by atoms with Crippen LogP contribution < -0.4 is 9.47 Å². The second-order valence-corrected chi connectivity index (χ2v) is 10.1. The van der Waals surface area contributed by atoms with Crippen molar-refractivity contribution in [2.75, 3.05) is 0 Å². The van der Waals surface area contributed by atoms with Crippen LogP contribution >= 0.6 is 0 Å². The minimum absolute atomic E-state index is 0.481. The van der Waals surface area contributed by atoms with Gasteiger partial charge in [0.05, 0.1) is 0 Å². The molecule has 4 aromatic rings. The van der Waals surface area contributed by atoms with Crippen molar-refractivity contribution in [3.05, 3.63) is 142 Å². The second-order valence-electron chi connectivity index (χ2n) is 10.1. The highest BCUT2D eigenvalue weighted by Crippen LogP contribution is 2.60. The molecule has 2 heteroatoms. The van der Waals surface area contributed by atoms with Gasteiger partial charge in [-0.2, -0.15) is 0 Å². The molecule has 0 bridgehead atoms. The minimum Gasteiger partial charge on any atom is -0.485 e. The van der Waals surface area contributed by atoms with Gasteiger partial charge in [0.15, 0.2) is 11.5 Å². The SMILES string of the molecule is C1=Cc2ccccc2C=1CCC1c2cc(OCc3ccccc3)c(OCc3ccccc3)cc2C2=CC21. The van der Waals surface area contributed by atoms with Crippen LogP contribution in [0.15, 0.2) is 109 Å². The quantitative estimate of drug-likeness (QED) is 0.224. The molecule has 2 atom stereocenters. The molecule has 0 fully saturated rings. The molecule has 0 heterocycles. The van der Waals surface area contributed by atoms with Crippen LogP contribution in [0.1, 0.15) is 52.1 Å². The van der Waals surface area contributed by atoms with Crippen molar-refractivity contribution in [3.63, 3.8) is 0 Å². The maximum Gasteiger partial charge on any atom is 0.162 e. The molecule has 0 aromatic heterocycles. The summed E-state index contributed by atoms with van der Waals surface area (Å²) >= 11 is 0. The summed E-state index contributed by atoms with van der Waals surface area (Å²) in [6, 6.07) is 33.7. The van der Waals surface area contributed by atoms with E-state index < -0.39 is 0 Å². The lowest BCUT2D eigenvalue weighted by molar-refractivity contribution is 0.255. The van der Waals surface area contributed by atoms with Crippen LogP contribution in [0.5, 0.6) is 11.5 Å². The Labute approximate surface area is 218 Å². The van der Waals surface area contributed by atoms with E-state index in [-0.39, 0.29) is 0 Å². The highest BCUT2D eigenvalue weighted by Gasteiger charge is 2.44. The molecule has 0 aliphatic heterocycles. The molecule has 0 radical (unpaired) electrons. The predicted molar refractivity (Wildman–Crippen MR) is 149 cm³/mol. The van der Waals surface area contributed by atoms with Crippen LogP contribution in [0, 0.1) is 5.92 Å². The van der Waals surface area contributed by atoms with Gasteiger partial charge in [-0.15, -0.1) is 5.73 Å². The Morgan fingerprint density at radius 3 is 2.05 bits per heavy atom. The Hall–Kier alpha value is -4.26. The summed E-state index contributed by atoms with van der Waals surface area (Å²) in [4.78, 5) is 0. The number of ether oxygens (including phenoxy) is 2.